The van der Waals surface area contributed by atoms with E-state index in [1.807, 2.05) is 18.7 Å². The quantitative estimate of drug-likeness (QED) is 0.354. The monoisotopic (exact) mass is 605 g/mol. The second kappa shape index (κ2) is 14.3. The summed E-state index contributed by atoms with van der Waals surface area (Å²) in [6, 6.07) is 7.52. The number of fused-ring (bicyclic) bond motifs is 3. The van der Waals surface area contributed by atoms with Gasteiger partial charge in [-0.25, -0.2) is 0 Å². The molecule has 4 N–H and O–H groups in total. The number of phenolic OH excluding ortho intramolecular Hbond substituents is 1. The highest BCUT2D eigenvalue weighted by Crippen LogP contribution is 2.27. The lowest BCUT2D eigenvalue weighted by Crippen LogP contribution is -2.47. The topological polar surface area (TPSA) is 144 Å². The number of aryl methyl sites for hydroxylation is 3. The molecule has 1 aliphatic rings. The van der Waals surface area contributed by atoms with Crippen molar-refractivity contribution in [3.63, 3.8) is 0 Å². The first-order valence-corrected chi connectivity index (χ1v) is 15.1. The molecule has 236 valence electrons. The Balaban J connectivity index is 1.51. The number of hydrogen-bond donors (Lipinski definition) is 4. The fourth-order valence-electron chi connectivity index (χ4n) is 5.65. The number of hydrogen-bond acceptors (Lipinski definition) is 6. The van der Waals surface area contributed by atoms with Gasteiger partial charge in [0.15, 0.2) is 6.61 Å². The molecule has 11 heteroatoms. The van der Waals surface area contributed by atoms with Gasteiger partial charge >= 0.3 is 0 Å². The van der Waals surface area contributed by atoms with Crippen molar-refractivity contribution in [2.75, 3.05) is 39.8 Å². The second-order valence-corrected chi connectivity index (χ2v) is 11.7. The first-order chi connectivity index (χ1) is 20.9. The lowest BCUT2D eigenvalue weighted by Gasteiger charge is -2.25. The highest BCUT2D eigenvalue weighted by atomic mass is 16.5. The zero-order valence-corrected chi connectivity index (χ0v) is 26.2. The van der Waals surface area contributed by atoms with Crippen LogP contribution in [0, 0.1) is 20.8 Å². The molecule has 0 aliphatic carbocycles. The Labute approximate surface area is 257 Å². The van der Waals surface area contributed by atoms with Crippen LogP contribution in [0.2, 0.25) is 0 Å². The zero-order chi connectivity index (χ0) is 32.0. The largest absolute Gasteiger partial charge is 0.508 e. The molecular weight excluding hydrogens is 562 g/mol. The molecule has 1 atom stereocenters. The number of H-pyrrole nitrogens is 1. The minimum atomic E-state index is -0.767. The van der Waals surface area contributed by atoms with Crippen LogP contribution in [0.15, 0.2) is 30.3 Å². The van der Waals surface area contributed by atoms with Gasteiger partial charge in [-0.15, -0.1) is 0 Å². The number of aromatic amines is 1. The van der Waals surface area contributed by atoms with E-state index in [9.17, 15) is 24.3 Å². The fourth-order valence-corrected chi connectivity index (χ4v) is 5.65. The molecule has 4 amide bonds. The van der Waals surface area contributed by atoms with Gasteiger partial charge in [0.05, 0.1) is 6.42 Å². The lowest BCUT2D eigenvalue weighted by molar-refractivity contribution is -0.135. The van der Waals surface area contributed by atoms with Crippen LogP contribution in [0.3, 0.4) is 0 Å². The zero-order valence-electron chi connectivity index (χ0n) is 26.2. The van der Waals surface area contributed by atoms with Crippen LogP contribution in [0.5, 0.6) is 11.5 Å². The normalized spacial score (nSPS) is 18.0. The summed E-state index contributed by atoms with van der Waals surface area (Å²) in [5.74, 6) is -1.20. The number of benzene rings is 2. The number of likely N-dealkylation sites (N-methyl/N-ethyl adjacent to an activating group) is 1. The van der Waals surface area contributed by atoms with Crippen molar-refractivity contribution < 1.29 is 29.0 Å². The van der Waals surface area contributed by atoms with Gasteiger partial charge in [-0.2, -0.15) is 0 Å². The Morgan fingerprint density at radius 2 is 1.73 bits per heavy atom. The number of aromatic nitrogens is 1. The number of amides is 4. The number of ether oxygens (including phenoxy) is 1. The first-order valence-electron chi connectivity index (χ1n) is 15.1. The summed E-state index contributed by atoms with van der Waals surface area (Å²) < 4.78 is 5.49. The number of carbonyl (C=O) groups is 4. The molecule has 0 saturated carbocycles. The molecule has 0 unspecified atom stereocenters. The van der Waals surface area contributed by atoms with E-state index in [0.717, 1.165) is 33.3 Å². The van der Waals surface area contributed by atoms with Crippen molar-refractivity contribution in [3.8, 4) is 11.5 Å². The summed E-state index contributed by atoms with van der Waals surface area (Å²) in [6.07, 6.45) is 2.14. The smallest absolute Gasteiger partial charge is 0.258 e. The highest BCUT2D eigenvalue weighted by molar-refractivity contribution is 5.95. The van der Waals surface area contributed by atoms with Crippen LogP contribution in [-0.2, 0) is 20.8 Å². The van der Waals surface area contributed by atoms with E-state index in [2.05, 4.69) is 34.7 Å². The third-order valence-corrected chi connectivity index (χ3v) is 7.96. The van der Waals surface area contributed by atoms with Gasteiger partial charge < -0.3 is 35.3 Å². The highest BCUT2D eigenvalue weighted by Gasteiger charge is 2.22. The average Bonchev–Trinajstić information content (AvgIpc) is 3.28. The maximum Gasteiger partial charge on any atom is 0.258 e. The molecular formula is C33H43N5O6. The first kappa shape index (κ1) is 32.4. The van der Waals surface area contributed by atoms with Crippen molar-refractivity contribution in [2.24, 2.45) is 0 Å². The van der Waals surface area contributed by atoms with E-state index < -0.39 is 17.9 Å². The van der Waals surface area contributed by atoms with Crippen molar-refractivity contribution >= 4 is 34.5 Å². The molecule has 11 nitrogen and oxygen atoms in total. The molecule has 2 heterocycles. The molecule has 2 aromatic carbocycles. The Bertz CT molecular complexity index is 1550. The van der Waals surface area contributed by atoms with Gasteiger partial charge in [0.2, 0.25) is 11.8 Å². The summed E-state index contributed by atoms with van der Waals surface area (Å²) in [5.41, 5.74) is 5.45. The SMILES string of the molecule is Cc1cc(C)c2[nH]c(C)c(CC(=O)N3CCCCN(C)C(=O)[C@H](C)NC(=O)COc4cc(O)cc(c4)C(=O)NCCC3)c2c1. The number of carbonyl (C=O) groups excluding carboxylic acids is 4. The third kappa shape index (κ3) is 8.09. The number of nitrogens with one attached hydrogen (secondary N) is 3. The minimum Gasteiger partial charge on any atom is -0.508 e. The number of aromatic hydroxyl groups is 1. The van der Waals surface area contributed by atoms with Gasteiger partial charge in [-0.05, 0) is 76.3 Å². The van der Waals surface area contributed by atoms with Crippen molar-refractivity contribution in [1.82, 2.24) is 25.4 Å². The molecule has 1 aromatic heterocycles. The molecule has 3 aromatic rings. The van der Waals surface area contributed by atoms with E-state index in [4.69, 9.17) is 4.74 Å². The van der Waals surface area contributed by atoms with Gasteiger partial charge in [-0.1, -0.05) is 11.6 Å². The number of rotatable bonds is 2. The molecule has 0 spiro atoms. The summed E-state index contributed by atoms with van der Waals surface area (Å²) >= 11 is 0. The Hall–Kier alpha value is -4.54. The molecule has 4 rings (SSSR count). The summed E-state index contributed by atoms with van der Waals surface area (Å²) in [6.45, 7) is 9.07. The van der Waals surface area contributed by atoms with Gasteiger partial charge in [0, 0.05) is 61.5 Å². The number of phenols is 1. The van der Waals surface area contributed by atoms with Gasteiger partial charge in [0.1, 0.15) is 17.5 Å². The average molecular weight is 606 g/mol. The number of nitrogens with zero attached hydrogens (tertiary/aromatic N) is 2. The van der Waals surface area contributed by atoms with Crippen molar-refractivity contribution in [1.29, 1.82) is 0 Å². The molecule has 1 aliphatic heterocycles. The van der Waals surface area contributed by atoms with Crippen LogP contribution in [0.4, 0.5) is 0 Å². The molecule has 44 heavy (non-hydrogen) atoms. The maximum absolute atomic E-state index is 13.7. The van der Waals surface area contributed by atoms with E-state index in [1.54, 1.807) is 18.9 Å². The van der Waals surface area contributed by atoms with Gasteiger partial charge in [-0.3, -0.25) is 19.2 Å². The Morgan fingerprint density at radius 3 is 2.50 bits per heavy atom. The Morgan fingerprint density at radius 1 is 1.00 bits per heavy atom. The third-order valence-electron chi connectivity index (χ3n) is 7.96. The van der Waals surface area contributed by atoms with E-state index >= 15 is 0 Å². The minimum absolute atomic E-state index is 0.00262. The molecule has 0 saturated heterocycles. The van der Waals surface area contributed by atoms with Crippen molar-refractivity contribution in [3.05, 3.63) is 58.3 Å². The van der Waals surface area contributed by atoms with Crippen LogP contribution >= 0.6 is 0 Å². The lowest BCUT2D eigenvalue weighted by atomic mass is 10.0. The van der Waals surface area contributed by atoms with E-state index in [1.165, 1.54) is 18.2 Å². The van der Waals surface area contributed by atoms with Crippen LogP contribution in [-0.4, -0.2) is 89.4 Å². The van der Waals surface area contributed by atoms with Crippen LogP contribution in [0.25, 0.3) is 10.9 Å². The predicted octanol–water partition coefficient (Wildman–Crippen LogP) is 3.13. The maximum atomic E-state index is 13.7. The van der Waals surface area contributed by atoms with Crippen molar-refractivity contribution in [2.45, 2.75) is 59.4 Å². The Kier molecular flexibility index (Phi) is 10.5. The van der Waals surface area contributed by atoms with Crippen LogP contribution in [0.1, 0.15) is 58.9 Å². The predicted molar refractivity (Wildman–Crippen MR) is 168 cm³/mol. The van der Waals surface area contributed by atoms with E-state index in [0.29, 0.717) is 45.4 Å². The fraction of sp³-hybridized carbons (Fsp3) is 0.455. The molecule has 2 bridgehead atoms. The van der Waals surface area contributed by atoms with E-state index in [-0.39, 0.29) is 41.9 Å². The summed E-state index contributed by atoms with van der Waals surface area (Å²) in [5, 5.41) is 16.7. The summed E-state index contributed by atoms with van der Waals surface area (Å²) in [7, 11) is 1.69. The second-order valence-electron chi connectivity index (χ2n) is 11.7. The summed E-state index contributed by atoms with van der Waals surface area (Å²) in [4.78, 5) is 58.7. The standard InChI is InChI=1S/C33H43N5O6/c1-20-13-21(2)31-28(14-20)27(22(3)36-31)18-30(41)38-11-7-6-10-37(5)33(43)23(4)35-29(40)19-44-26-16-24(15-25(39)17-26)32(42)34-9-8-12-38/h13-17,23,36,39H,6-12,18-19H2,1-5H3,(H,34,42)(H,35,40)/t23-/m0/s1. The molecule has 0 radical (unpaired) electrons. The molecule has 0 fully saturated rings. The van der Waals surface area contributed by atoms with Crippen LogP contribution < -0.4 is 15.4 Å². The van der Waals surface area contributed by atoms with Gasteiger partial charge in [0.25, 0.3) is 11.8 Å².